The Kier molecular flexibility index (Phi) is 5.25. The first-order valence-corrected chi connectivity index (χ1v) is 9.62. The highest BCUT2D eigenvalue weighted by atomic mass is 35.5. The number of aromatic nitrogens is 4. The fourth-order valence-corrected chi connectivity index (χ4v) is 3.36. The van der Waals surface area contributed by atoms with Crippen molar-refractivity contribution in [3.05, 3.63) is 59.0 Å². The van der Waals surface area contributed by atoms with E-state index in [0.29, 0.717) is 5.02 Å². The minimum Gasteiger partial charge on any atom is -0.340 e. The highest BCUT2D eigenvalue weighted by Crippen LogP contribution is 2.25. The smallest absolute Gasteiger partial charge is 0.227 e. The molecule has 0 saturated carbocycles. The Morgan fingerprint density at radius 3 is 2.29 bits per heavy atom. The van der Waals surface area contributed by atoms with E-state index in [1.54, 1.807) is 12.4 Å². The summed E-state index contributed by atoms with van der Waals surface area (Å²) in [5.74, 6) is 2.27. The third kappa shape index (κ3) is 4.14. The third-order valence-corrected chi connectivity index (χ3v) is 4.94. The van der Waals surface area contributed by atoms with Crippen LogP contribution in [0.1, 0.15) is 11.3 Å². The molecule has 8 heteroatoms. The molecule has 144 valence electrons. The topological polar surface area (TPSA) is 70.1 Å². The highest BCUT2D eigenvalue weighted by Gasteiger charge is 2.21. The lowest BCUT2D eigenvalue weighted by molar-refractivity contribution is 0.627. The van der Waals surface area contributed by atoms with Crippen LogP contribution in [0, 0.1) is 13.8 Å². The molecule has 0 bridgehead atoms. The van der Waals surface area contributed by atoms with Crippen LogP contribution in [-0.4, -0.2) is 46.1 Å². The van der Waals surface area contributed by atoms with Gasteiger partial charge in [0, 0.05) is 61.0 Å². The lowest BCUT2D eigenvalue weighted by Gasteiger charge is -2.34. The first-order valence-electron chi connectivity index (χ1n) is 9.24. The predicted molar refractivity (Wildman–Crippen MR) is 113 cm³/mol. The molecule has 7 nitrogen and oxygen atoms in total. The molecule has 2 aromatic heterocycles. The van der Waals surface area contributed by atoms with Gasteiger partial charge in [0.1, 0.15) is 5.82 Å². The number of nitrogens with zero attached hydrogens (tertiary/aromatic N) is 6. The Balaban J connectivity index is 1.49. The van der Waals surface area contributed by atoms with Gasteiger partial charge in [0.2, 0.25) is 11.9 Å². The van der Waals surface area contributed by atoms with Gasteiger partial charge in [0.05, 0.1) is 0 Å². The molecule has 0 aliphatic carbocycles. The first kappa shape index (κ1) is 18.4. The van der Waals surface area contributed by atoms with Gasteiger partial charge in [-0.25, -0.2) is 15.0 Å². The molecule has 1 aliphatic heterocycles. The summed E-state index contributed by atoms with van der Waals surface area (Å²) in [5.41, 5.74) is 2.97. The number of hydrogen-bond donors (Lipinski definition) is 1. The van der Waals surface area contributed by atoms with Gasteiger partial charge in [0.25, 0.3) is 0 Å². The van der Waals surface area contributed by atoms with Gasteiger partial charge < -0.3 is 15.1 Å². The normalized spacial score (nSPS) is 14.2. The quantitative estimate of drug-likeness (QED) is 0.723. The van der Waals surface area contributed by atoms with Gasteiger partial charge in [0.15, 0.2) is 0 Å². The molecule has 28 heavy (non-hydrogen) atoms. The third-order valence-electron chi connectivity index (χ3n) is 4.70. The lowest BCUT2D eigenvalue weighted by atomic mass is 10.2. The van der Waals surface area contributed by atoms with Crippen molar-refractivity contribution >= 4 is 35.0 Å². The van der Waals surface area contributed by atoms with Gasteiger partial charge in [-0.05, 0) is 37.6 Å². The Hall–Kier alpha value is -2.93. The Bertz CT molecular complexity index is 956. The number of halogens is 1. The van der Waals surface area contributed by atoms with Crippen molar-refractivity contribution in [2.75, 3.05) is 41.3 Å². The van der Waals surface area contributed by atoms with E-state index in [2.05, 4.69) is 30.1 Å². The second-order valence-electron chi connectivity index (χ2n) is 6.80. The lowest BCUT2D eigenvalue weighted by Crippen LogP contribution is -2.47. The van der Waals surface area contributed by atoms with Crippen LogP contribution in [-0.2, 0) is 0 Å². The van der Waals surface area contributed by atoms with Gasteiger partial charge in [-0.1, -0.05) is 17.7 Å². The summed E-state index contributed by atoms with van der Waals surface area (Å²) in [6.45, 7) is 7.32. The van der Waals surface area contributed by atoms with E-state index in [0.717, 1.165) is 60.8 Å². The van der Waals surface area contributed by atoms with E-state index in [1.165, 1.54) is 0 Å². The van der Waals surface area contributed by atoms with Crippen molar-refractivity contribution in [3.8, 4) is 0 Å². The molecule has 1 N–H and O–H groups in total. The molecule has 0 radical (unpaired) electrons. The molecule has 1 saturated heterocycles. The summed E-state index contributed by atoms with van der Waals surface area (Å²) in [4.78, 5) is 22.4. The molecule has 4 rings (SSSR count). The number of nitrogens with one attached hydrogen (secondary N) is 1. The van der Waals surface area contributed by atoms with Gasteiger partial charge >= 0.3 is 0 Å². The number of piperazine rings is 1. The Morgan fingerprint density at radius 2 is 1.57 bits per heavy atom. The fourth-order valence-electron chi connectivity index (χ4n) is 3.19. The predicted octanol–water partition coefficient (Wildman–Crippen LogP) is 3.61. The summed E-state index contributed by atoms with van der Waals surface area (Å²) < 4.78 is 0. The Labute approximate surface area is 169 Å². The van der Waals surface area contributed by atoms with Crippen LogP contribution in [0.2, 0.25) is 5.02 Å². The van der Waals surface area contributed by atoms with Crippen LogP contribution < -0.4 is 15.1 Å². The zero-order valence-electron chi connectivity index (χ0n) is 15.9. The molecular weight excluding hydrogens is 374 g/mol. The molecule has 0 unspecified atom stereocenters. The molecule has 0 atom stereocenters. The second-order valence-corrected chi connectivity index (χ2v) is 7.24. The van der Waals surface area contributed by atoms with E-state index in [1.807, 2.05) is 44.2 Å². The van der Waals surface area contributed by atoms with E-state index >= 15 is 0 Å². The number of aryl methyl sites for hydroxylation is 2. The number of hydrogen-bond acceptors (Lipinski definition) is 7. The van der Waals surface area contributed by atoms with Crippen molar-refractivity contribution in [2.24, 2.45) is 0 Å². The molecular formula is C20H22ClN7. The minimum atomic E-state index is 0.693. The maximum absolute atomic E-state index is 6.14. The molecule has 0 amide bonds. The zero-order chi connectivity index (χ0) is 19.5. The van der Waals surface area contributed by atoms with Crippen LogP contribution in [0.4, 0.5) is 23.4 Å². The van der Waals surface area contributed by atoms with Crippen molar-refractivity contribution < 1.29 is 0 Å². The SMILES string of the molecule is Cc1cc(Nc2cc(Cl)ccc2C)nc(N2CCN(c3ncccn3)CC2)n1. The van der Waals surface area contributed by atoms with Crippen LogP contribution in [0.5, 0.6) is 0 Å². The van der Waals surface area contributed by atoms with E-state index in [4.69, 9.17) is 16.6 Å². The van der Waals surface area contributed by atoms with E-state index in [9.17, 15) is 0 Å². The van der Waals surface area contributed by atoms with Gasteiger partial charge in [-0.15, -0.1) is 0 Å². The monoisotopic (exact) mass is 395 g/mol. The summed E-state index contributed by atoms with van der Waals surface area (Å²) in [5, 5.41) is 4.07. The average Bonchev–Trinajstić information content (AvgIpc) is 2.71. The van der Waals surface area contributed by atoms with Crippen molar-refractivity contribution in [1.82, 2.24) is 19.9 Å². The second kappa shape index (κ2) is 7.98. The fraction of sp³-hybridized carbons (Fsp3) is 0.300. The molecule has 1 fully saturated rings. The molecule has 1 aliphatic rings. The highest BCUT2D eigenvalue weighted by molar-refractivity contribution is 6.30. The molecule has 3 heterocycles. The van der Waals surface area contributed by atoms with Crippen LogP contribution in [0.25, 0.3) is 0 Å². The summed E-state index contributed by atoms with van der Waals surface area (Å²) in [7, 11) is 0. The van der Waals surface area contributed by atoms with E-state index < -0.39 is 0 Å². The summed E-state index contributed by atoms with van der Waals surface area (Å²) >= 11 is 6.14. The standard InChI is InChI=1S/C20H22ClN7/c1-14-4-5-16(21)13-17(14)25-18-12-15(2)24-20(26-18)28-10-8-27(9-11-28)19-22-6-3-7-23-19/h3-7,12-13H,8-11H2,1-2H3,(H,24,25,26). The molecule has 0 spiro atoms. The van der Waals surface area contributed by atoms with Gasteiger partial charge in [-0.2, -0.15) is 4.98 Å². The molecule has 3 aromatic rings. The van der Waals surface area contributed by atoms with Crippen LogP contribution in [0.15, 0.2) is 42.7 Å². The Morgan fingerprint density at radius 1 is 0.893 bits per heavy atom. The zero-order valence-corrected chi connectivity index (χ0v) is 16.7. The van der Waals surface area contributed by atoms with Gasteiger partial charge in [-0.3, -0.25) is 0 Å². The maximum atomic E-state index is 6.14. The van der Waals surface area contributed by atoms with Crippen molar-refractivity contribution in [1.29, 1.82) is 0 Å². The van der Waals surface area contributed by atoms with Crippen LogP contribution >= 0.6 is 11.6 Å². The number of rotatable bonds is 4. The summed E-state index contributed by atoms with van der Waals surface area (Å²) in [6, 6.07) is 9.56. The molecule has 1 aromatic carbocycles. The van der Waals surface area contributed by atoms with E-state index in [-0.39, 0.29) is 0 Å². The van der Waals surface area contributed by atoms with Crippen molar-refractivity contribution in [2.45, 2.75) is 13.8 Å². The number of anilines is 4. The maximum Gasteiger partial charge on any atom is 0.227 e. The minimum absolute atomic E-state index is 0.693. The van der Waals surface area contributed by atoms with Crippen LogP contribution in [0.3, 0.4) is 0 Å². The number of benzene rings is 1. The van der Waals surface area contributed by atoms with Crippen molar-refractivity contribution in [3.63, 3.8) is 0 Å². The average molecular weight is 396 g/mol. The largest absolute Gasteiger partial charge is 0.340 e. The first-order chi connectivity index (χ1) is 13.6. The summed E-state index contributed by atoms with van der Waals surface area (Å²) in [6.07, 6.45) is 3.54.